The van der Waals surface area contributed by atoms with Crippen LogP contribution in [0.2, 0.25) is 0 Å². The van der Waals surface area contributed by atoms with E-state index in [1.165, 1.54) is 0 Å². The molecule has 0 bridgehead atoms. The van der Waals surface area contributed by atoms with Crippen molar-refractivity contribution in [3.8, 4) is 0 Å². The zero-order chi connectivity index (χ0) is 7.03. The minimum absolute atomic E-state index is 0.620. The second kappa shape index (κ2) is 2.01. The van der Waals surface area contributed by atoms with Crippen molar-refractivity contribution >= 4 is 13.2 Å². The van der Waals surface area contributed by atoms with Gasteiger partial charge in [0.25, 0.3) is 0 Å². The van der Waals surface area contributed by atoms with Crippen molar-refractivity contribution in [1.29, 1.82) is 0 Å². The van der Waals surface area contributed by atoms with E-state index in [-0.39, 0.29) is 0 Å². The molecule has 0 saturated carbocycles. The van der Waals surface area contributed by atoms with Gasteiger partial charge in [-0.2, -0.15) is 0 Å². The Kier molecular flexibility index (Phi) is 1.25. The second-order valence-electron chi connectivity index (χ2n) is 1.98. The Hall–Kier alpha value is -0.470. The summed E-state index contributed by atoms with van der Waals surface area (Å²) < 4.78 is 8.68. The first-order valence-electron chi connectivity index (χ1n) is 2.85. The molecular weight excluding hydrogens is 151 g/mol. The van der Waals surface area contributed by atoms with E-state index in [9.17, 15) is 4.89 Å². The first-order chi connectivity index (χ1) is 4.81. The SMILES string of the molecule is [O-][P+]1(c2ccccc2)OO1. The lowest BCUT2D eigenvalue weighted by molar-refractivity contribution is -0.168. The monoisotopic (exact) mass is 156 g/mol. The molecule has 1 saturated heterocycles. The van der Waals surface area contributed by atoms with Crippen molar-refractivity contribution in [3.05, 3.63) is 30.3 Å². The molecule has 0 aliphatic carbocycles. The number of benzene rings is 1. The van der Waals surface area contributed by atoms with Crippen LogP contribution in [-0.4, -0.2) is 0 Å². The predicted molar refractivity (Wildman–Crippen MR) is 35.2 cm³/mol. The van der Waals surface area contributed by atoms with Gasteiger partial charge in [-0.3, -0.25) is 0 Å². The average Bonchev–Trinajstić information content (AvgIpc) is 2.72. The van der Waals surface area contributed by atoms with Gasteiger partial charge in [0.05, 0.1) is 0 Å². The third-order valence-corrected chi connectivity index (χ3v) is 2.63. The number of rotatable bonds is 1. The van der Waals surface area contributed by atoms with Crippen LogP contribution in [0.3, 0.4) is 0 Å². The van der Waals surface area contributed by atoms with Crippen molar-refractivity contribution in [2.45, 2.75) is 0 Å². The van der Waals surface area contributed by atoms with Crippen LogP contribution in [0.1, 0.15) is 0 Å². The summed E-state index contributed by atoms with van der Waals surface area (Å²) in [6.07, 6.45) is 0. The molecule has 0 unspecified atom stereocenters. The maximum Gasteiger partial charge on any atom is 0.365 e. The molecular formula is C6H5O3P. The van der Waals surface area contributed by atoms with Crippen LogP contribution in [0.4, 0.5) is 0 Å². The molecule has 3 nitrogen and oxygen atoms in total. The largest absolute Gasteiger partial charge is 0.622 e. The van der Waals surface area contributed by atoms with Crippen molar-refractivity contribution in [2.24, 2.45) is 0 Å². The Labute approximate surface area is 58.7 Å². The van der Waals surface area contributed by atoms with Crippen molar-refractivity contribution in [1.82, 2.24) is 0 Å². The summed E-state index contributed by atoms with van der Waals surface area (Å²) in [5.41, 5.74) is 0. The molecule has 0 aromatic heterocycles. The van der Waals surface area contributed by atoms with Crippen LogP contribution in [0, 0.1) is 0 Å². The molecule has 2 rings (SSSR count). The van der Waals surface area contributed by atoms with E-state index < -0.39 is 7.94 Å². The van der Waals surface area contributed by atoms with Gasteiger partial charge >= 0.3 is 7.94 Å². The highest BCUT2D eigenvalue weighted by molar-refractivity contribution is 7.71. The normalized spacial score (nSPS) is 20.5. The fourth-order valence-electron chi connectivity index (χ4n) is 0.727. The molecule has 0 radical (unpaired) electrons. The van der Waals surface area contributed by atoms with Crippen LogP contribution >= 0.6 is 7.94 Å². The van der Waals surface area contributed by atoms with Gasteiger partial charge in [0.2, 0.25) is 0 Å². The lowest BCUT2D eigenvalue weighted by Crippen LogP contribution is -2.10. The van der Waals surface area contributed by atoms with E-state index in [1.807, 2.05) is 6.07 Å². The molecule has 1 aliphatic heterocycles. The van der Waals surface area contributed by atoms with Gasteiger partial charge < -0.3 is 4.89 Å². The quantitative estimate of drug-likeness (QED) is 0.336. The van der Waals surface area contributed by atoms with Gasteiger partial charge in [0.1, 0.15) is 0 Å². The van der Waals surface area contributed by atoms with Crippen molar-refractivity contribution in [2.75, 3.05) is 0 Å². The van der Waals surface area contributed by atoms with E-state index >= 15 is 0 Å². The highest BCUT2D eigenvalue weighted by Gasteiger charge is 2.54. The molecule has 1 aromatic carbocycles. The Morgan fingerprint density at radius 2 is 1.70 bits per heavy atom. The van der Waals surface area contributed by atoms with E-state index in [1.54, 1.807) is 24.3 Å². The minimum Gasteiger partial charge on any atom is -0.622 e. The summed E-state index contributed by atoms with van der Waals surface area (Å²) in [6, 6.07) is 8.86. The predicted octanol–water partition coefficient (Wildman–Crippen LogP) is 0.397. The molecule has 0 atom stereocenters. The average molecular weight is 156 g/mol. The third-order valence-electron chi connectivity index (χ3n) is 1.28. The first-order valence-corrected chi connectivity index (χ1v) is 4.39. The summed E-state index contributed by atoms with van der Waals surface area (Å²) in [4.78, 5) is 11.1. The second-order valence-corrected chi connectivity index (χ2v) is 3.79. The van der Waals surface area contributed by atoms with Crippen LogP contribution < -0.4 is 10.2 Å². The topological polar surface area (TPSA) is 48.1 Å². The van der Waals surface area contributed by atoms with E-state index in [4.69, 9.17) is 0 Å². The molecule has 1 fully saturated rings. The highest BCUT2D eigenvalue weighted by Crippen LogP contribution is 2.66. The van der Waals surface area contributed by atoms with Gasteiger partial charge in [-0.25, -0.2) is 0 Å². The van der Waals surface area contributed by atoms with E-state index in [2.05, 4.69) is 9.35 Å². The molecule has 1 heterocycles. The molecule has 0 spiro atoms. The van der Waals surface area contributed by atoms with Crippen LogP contribution in [0.15, 0.2) is 30.3 Å². The Balaban J connectivity index is 2.35. The van der Waals surface area contributed by atoms with Gasteiger partial charge in [-0.15, -0.1) is 0 Å². The summed E-state index contributed by atoms with van der Waals surface area (Å²) in [6.45, 7) is 0. The summed E-state index contributed by atoms with van der Waals surface area (Å²) >= 11 is 0. The maximum atomic E-state index is 11.1. The Bertz CT molecular complexity index is 232. The summed E-state index contributed by atoms with van der Waals surface area (Å²) in [5, 5.41) is 0.620. The van der Waals surface area contributed by atoms with Gasteiger partial charge in [0.15, 0.2) is 5.30 Å². The van der Waals surface area contributed by atoms with E-state index in [0.717, 1.165) is 0 Å². The summed E-state index contributed by atoms with van der Waals surface area (Å²) in [5.74, 6) is 0. The molecule has 1 aromatic rings. The van der Waals surface area contributed by atoms with Crippen LogP contribution in [0.25, 0.3) is 0 Å². The Morgan fingerprint density at radius 1 is 1.10 bits per heavy atom. The molecule has 0 amide bonds. The molecule has 52 valence electrons. The molecule has 1 aliphatic rings. The van der Waals surface area contributed by atoms with E-state index in [0.29, 0.717) is 5.30 Å². The fourth-order valence-corrected chi connectivity index (χ4v) is 1.68. The third kappa shape index (κ3) is 0.935. The lowest BCUT2D eigenvalue weighted by Gasteiger charge is -1.95. The van der Waals surface area contributed by atoms with Crippen LogP contribution in [-0.2, 0) is 9.35 Å². The number of hydrogen-bond donors (Lipinski definition) is 0. The summed E-state index contributed by atoms with van der Waals surface area (Å²) in [7, 11) is -2.77. The zero-order valence-electron chi connectivity index (χ0n) is 5.06. The lowest BCUT2D eigenvalue weighted by atomic mass is 10.4. The molecule has 0 N–H and O–H groups in total. The smallest absolute Gasteiger partial charge is 0.365 e. The maximum absolute atomic E-state index is 11.1. The molecule has 10 heavy (non-hydrogen) atoms. The van der Waals surface area contributed by atoms with Crippen molar-refractivity contribution in [3.63, 3.8) is 0 Å². The molecule has 4 heteroatoms. The highest BCUT2D eigenvalue weighted by atomic mass is 31.2. The van der Waals surface area contributed by atoms with Gasteiger partial charge in [-0.1, -0.05) is 18.2 Å². The van der Waals surface area contributed by atoms with Gasteiger partial charge in [0, 0.05) is 0 Å². The minimum atomic E-state index is -2.77. The fraction of sp³-hybridized carbons (Fsp3) is 0. The number of hydrogen-bond acceptors (Lipinski definition) is 3. The van der Waals surface area contributed by atoms with Gasteiger partial charge in [-0.05, 0) is 21.5 Å². The standard InChI is InChI=1S/C6H5O3P/c7-10(8-9-10)6-4-2-1-3-5-6/h1-5H. The van der Waals surface area contributed by atoms with Crippen LogP contribution in [0.5, 0.6) is 0 Å². The Morgan fingerprint density at radius 3 is 2.20 bits per heavy atom. The first kappa shape index (κ1) is 6.25. The zero-order valence-corrected chi connectivity index (χ0v) is 5.95. The van der Waals surface area contributed by atoms with Crippen molar-refractivity contribution < 1.29 is 14.2 Å².